The topological polar surface area (TPSA) is 466 Å². The van der Waals surface area contributed by atoms with Crippen molar-refractivity contribution in [2.75, 3.05) is 52.5 Å². The Labute approximate surface area is 563 Å². The van der Waals surface area contributed by atoms with Gasteiger partial charge in [-0.25, -0.2) is 0 Å². The monoisotopic (exact) mass is 1350 g/mol. The first kappa shape index (κ1) is 76.8. The maximum Gasteiger partial charge on any atom is 0.226 e. The van der Waals surface area contributed by atoms with Crippen LogP contribution in [0.25, 0.3) is 0 Å². The van der Waals surface area contributed by atoms with Crippen molar-refractivity contribution in [1.29, 1.82) is 0 Å². The Hall–Kier alpha value is -6.60. The molecule has 7 rings (SSSR count). The van der Waals surface area contributed by atoms with Crippen LogP contribution in [-0.4, -0.2) is 206 Å². The third-order valence-electron chi connectivity index (χ3n) is 20.8. The SMILES string of the molecule is CC(C)C[C@@H](CC(=O)N[C@@H](CO)CC(=O)N[C@H]1CCC[C@@H]1C(=O)N[C@H]1CNC[C@@H]1C(=O)N[C@H]1CCC[C@@H]1C(=O)N[C@@H](CO)CC(=O)N[C@H]1CNC[C@@H]1C(N)=O)NC(=O)C[C@@H](NC(=O)[C@H]1CNC[C@@H]1NC(=O)C[C@@H](NC(=O)[C@H]1CCC[C@@H]1NC(=O)[C@H]1CCC[C@@H]1N)C(C)C)C(C)C. The van der Waals surface area contributed by atoms with Crippen LogP contribution in [0.1, 0.15) is 157 Å². The van der Waals surface area contributed by atoms with Gasteiger partial charge in [-0.15, -0.1) is 0 Å². The summed E-state index contributed by atoms with van der Waals surface area (Å²) >= 11 is 0. The van der Waals surface area contributed by atoms with Gasteiger partial charge in [-0.2, -0.15) is 0 Å². The molecule has 0 aromatic rings. The molecule has 4 saturated carbocycles. The lowest BCUT2D eigenvalue weighted by Crippen LogP contribution is -2.53. The molecule has 0 aromatic heterocycles. The zero-order valence-electron chi connectivity index (χ0n) is 57.0. The molecule has 20 N–H and O–H groups in total. The Kier molecular flexibility index (Phi) is 29.5. The van der Waals surface area contributed by atoms with Crippen molar-refractivity contribution in [3.8, 4) is 0 Å². The Morgan fingerprint density at radius 3 is 1.20 bits per heavy atom. The summed E-state index contributed by atoms with van der Waals surface area (Å²) in [5, 5.41) is 62.3. The molecule has 3 heterocycles. The quantitative estimate of drug-likeness (QED) is 0.0295. The first-order valence-corrected chi connectivity index (χ1v) is 35.4. The molecule has 3 aliphatic heterocycles. The van der Waals surface area contributed by atoms with Crippen LogP contribution in [0.2, 0.25) is 0 Å². The molecule has 3 saturated heterocycles. The molecule has 0 aromatic carbocycles. The maximum atomic E-state index is 14.0. The van der Waals surface area contributed by atoms with E-state index in [1.807, 2.05) is 41.5 Å². The van der Waals surface area contributed by atoms with E-state index in [2.05, 4.69) is 74.4 Å². The second-order valence-corrected chi connectivity index (χ2v) is 29.3. The molecular weight excluding hydrogens is 1240 g/mol. The molecule has 7 fully saturated rings. The minimum Gasteiger partial charge on any atom is -0.394 e. The summed E-state index contributed by atoms with van der Waals surface area (Å²) in [6.07, 6.45) is 7.34. The van der Waals surface area contributed by atoms with Crippen molar-refractivity contribution in [2.45, 2.75) is 230 Å². The van der Waals surface area contributed by atoms with Gasteiger partial charge in [-0.05, 0) is 75.5 Å². The van der Waals surface area contributed by atoms with Gasteiger partial charge < -0.3 is 96.1 Å². The zero-order chi connectivity index (χ0) is 69.9. The summed E-state index contributed by atoms with van der Waals surface area (Å²) in [5.41, 5.74) is 11.7. The van der Waals surface area contributed by atoms with Crippen molar-refractivity contribution in [3.05, 3.63) is 0 Å². The van der Waals surface area contributed by atoms with Gasteiger partial charge in [0.05, 0.1) is 84.8 Å². The Morgan fingerprint density at radius 1 is 0.365 bits per heavy atom. The molecule has 19 atom stereocenters. The molecule has 540 valence electrons. The first-order valence-electron chi connectivity index (χ1n) is 35.4. The molecule has 0 unspecified atom stereocenters. The molecule has 30 nitrogen and oxygen atoms in total. The van der Waals surface area contributed by atoms with Gasteiger partial charge in [0.1, 0.15) is 0 Å². The van der Waals surface area contributed by atoms with Crippen LogP contribution in [0.4, 0.5) is 0 Å². The maximum absolute atomic E-state index is 14.0. The third kappa shape index (κ3) is 22.2. The molecule has 12 amide bonds. The molecular formula is C66H112N16O14. The molecule has 4 aliphatic carbocycles. The van der Waals surface area contributed by atoms with E-state index in [4.69, 9.17) is 11.5 Å². The molecule has 96 heavy (non-hydrogen) atoms. The van der Waals surface area contributed by atoms with Gasteiger partial charge in [0.2, 0.25) is 70.9 Å². The van der Waals surface area contributed by atoms with Gasteiger partial charge in [-0.1, -0.05) is 67.2 Å². The van der Waals surface area contributed by atoms with E-state index >= 15 is 0 Å². The number of nitrogens with two attached hydrogens (primary N) is 2. The average molecular weight is 1350 g/mol. The summed E-state index contributed by atoms with van der Waals surface area (Å²) in [6, 6.07) is -6.93. The van der Waals surface area contributed by atoms with Crippen molar-refractivity contribution in [2.24, 2.45) is 70.6 Å². The number of hydrogen-bond donors (Lipinski definition) is 18. The lowest BCUT2D eigenvalue weighted by molar-refractivity contribution is -0.132. The summed E-state index contributed by atoms with van der Waals surface area (Å²) < 4.78 is 0. The van der Waals surface area contributed by atoms with E-state index in [9.17, 15) is 67.7 Å². The van der Waals surface area contributed by atoms with Crippen LogP contribution in [0.3, 0.4) is 0 Å². The van der Waals surface area contributed by atoms with Crippen molar-refractivity contribution >= 4 is 70.9 Å². The van der Waals surface area contributed by atoms with Gasteiger partial charge in [0, 0.05) is 114 Å². The number of aliphatic hydroxyl groups excluding tert-OH is 2. The number of primary amides is 1. The van der Waals surface area contributed by atoms with Crippen molar-refractivity contribution < 1.29 is 67.7 Å². The summed E-state index contributed by atoms with van der Waals surface area (Å²) in [5.74, 6) is -8.64. The average Bonchev–Trinajstić information content (AvgIpc) is 1.80. The Morgan fingerprint density at radius 2 is 0.708 bits per heavy atom. The molecule has 7 aliphatic rings. The highest BCUT2D eigenvalue weighted by molar-refractivity contribution is 5.89. The van der Waals surface area contributed by atoms with E-state index in [0.29, 0.717) is 84.0 Å². The zero-order valence-corrected chi connectivity index (χ0v) is 57.0. The van der Waals surface area contributed by atoms with Crippen LogP contribution in [0.5, 0.6) is 0 Å². The fourth-order valence-corrected chi connectivity index (χ4v) is 15.2. The molecule has 0 bridgehead atoms. The van der Waals surface area contributed by atoms with Gasteiger partial charge >= 0.3 is 0 Å². The summed E-state index contributed by atoms with van der Waals surface area (Å²) in [7, 11) is 0. The van der Waals surface area contributed by atoms with E-state index < -0.39 is 145 Å². The highest BCUT2D eigenvalue weighted by Crippen LogP contribution is 2.31. The number of nitrogens with one attached hydrogen (secondary N) is 14. The van der Waals surface area contributed by atoms with Crippen LogP contribution in [0.15, 0.2) is 0 Å². The van der Waals surface area contributed by atoms with E-state index in [1.54, 1.807) is 0 Å². The Balaban J connectivity index is 0.825. The smallest absolute Gasteiger partial charge is 0.226 e. The minimum absolute atomic E-state index is 0.0204. The standard InChI is InChI=1S/C66H112N16O14/c1-33(2)19-36(72-58(88)23-50(34(3)4)81-66(96)44-26-70-29-53(44)77-59(89)24-51(35(5)6)80-63(93)42-14-10-18-49(42)78-61(91)39-11-7-15-46(39)67)20-55(85)73-37(31-83)21-56(86)75-47-16-8-12-40(47)64(94)82-54-30-71-27-45(54)65(95)79-48-17-9-13-41(48)62(92)74-38(32-84)22-57(87)76-52-28-69-25-43(52)60(68)90/h33-54,69-71,83-84H,7-32,67H2,1-6H3,(H2,68,90)(H,72,88)(H,73,85)(H,74,92)(H,75,86)(H,76,87)(H,77,89)(H,78,91)(H,79,95)(H,80,93)(H,81,96)(H,82,94)/t36-,37+,38+,39-,40-,41-,42-,43-,44-,45-,46-,47-,48-,49-,50+,51+,52-,53-,54-/m0/s1. The van der Waals surface area contributed by atoms with E-state index in [1.165, 1.54) is 0 Å². The summed E-state index contributed by atoms with van der Waals surface area (Å²) in [4.78, 5) is 161. The summed E-state index contributed by atoms with van der Waals surface area (Å²) in [6.45, 7) is 12.2. The largest absolute Gasteiger partial charge is 0.394 e. The highest BCUT2D eigenvalue weighted by atomic mass is 16.3. The minimum atomic E-state index is -0.994. The number of aliphatic hydroxyl groups is 2. The Bertz CT molecular complexity index is 2720. The van der Waals surface area contributed by atoms with Gasteiger partial charge in [0.15, 0.2) is 0 Å². The number of rotatable bonds is 34. The van der Waals surface area contributed by atoms with Gasteiger partial charge in [0.25, 0.3) is 0 Å². The number of amides is 12. The second-order valence-electron chi connectivity index (χ2n) is 29.3. The predicted octanol–water partition coefficient (Wildman–Crippen LogP) is -3.72. The fourth-order valence-electron chi connectivity index (χ4n) is 15.2. The highest BCUT2D eigenvalue weighted by Gasteiger charge is 2.44. The first-order chi connectivity index (χ1) is 45.7. The van der Waals surface area contributed by atoms with Crippen LogP contribution in [-0.2, 0) is 57.5 Å². The second kappa shape index (κ2) is 36.8. The number of carbonyl (C=O) groups is 12. The number of carbonyl (C=O) groups excluding carboxylic acids is 12. The number of hydrogen-bond acceptors (Lipinski definition) is 18. The fraction of sp³-hybridized carbons (Fsp3) is 0.818. The van der Waals surface area contributed by atoms with Gasteiger partial charge in [-0.3, -0.25) is 57.5 Å². The lowest BCUT2D eigenvalue weighted by atomic mass is 9.95. The molecule has 30 heteroatoms. The van der Waals surface area contributed by atoms with Crippen LogP contribution >= 0.6 is 0 Å². The van der Waals surface area contributed by atoms with Crippen molar-refractivity contribution in [3.63, 3.8) is 0 Å². The predicted molar refractivity (Wildman–Crippen MR) is 353 cm³/mol. The third-order valence-corrected chi connectivity index (χ3v) is 20.8. The molecule has 0 radical (unpaired) electrons. The van der Waals surface area contributed by atoms with Crippen LogP contribution < -0.4 is 85.9 Å². The normalized spacial score (nSPS) is 29.4. The lowest BCUT2D eigenvalue weighted by Gasteiger charge is -2.29. The van der Waals surface area contributed by atoms with Crippen LogP contribution in [0, 0.1) is 59.2 Å². The van der Waals surface area contributed by atoms with Crippen molar-refractivity contribution in [1.82, 2.24) is 74.4 Å². The van der Waals surface area contributed by atoms with E-state index in [-0.39, 0.29) is 116 Å². The van der Waals surface area contributed by atoms with E-state index in [0.717, 1.165) is 25.7 Å². The molecule has 0 spiro atoms.